The summed E-state index contributed by atoms with van der Waals surface area (Å²) in [4.78, 5) is 24.3. The Morgan fingerprint density at radius 2 is 1.89 bits per heavy atom. The average molecular weight is 423 g/mol. The summed E-state index contributed by atoms with van der Waals surface area (Å²) in [6, 6.07) is 10.8. The van der Waals surface area contributed by atoms with Crippen molar-refractivity contribution >= 4 is 44.9 Å². The predicted molar refractivity (Wildman–Crippen MR) is 108 cm³/mol. The van der Waals surface area contributed by atoms with Gasteiger partial charge in [-0.3, -0.25) is 9.10 Å². The summed E-state index contributed by atoms with van der Waals surface area (Å²) in [5.74, 6) is -0.908. The molecule has 1 saturated heterocycles. The maximum atomic E-state index is 12.6. The van der Waals surface area contributed by atoms with Gasteiger partial charge in [-0.25, -0.2) is 13.2 Å². The van der Waals surface area contributed by atoms with Crippen molar-refractivity contribution in [2.45, 2.75) is 12.8 Å². The Labute approximate surface area is 168 Å². The second-order valence-corrected chi connectivity index (χ2v) is 8.71. The van der Waals surface area contributed by atoms with Crippen LogP contribution in [0.1, 0.15) is 33.6 Å². The van der Waals surface area contributed by atoms with E-state index >= 15 is 0 Å². The number of hydrogen-bond acceptors (Lipinski definition) is 5. The number of halogens is 1. The fraction of sp³-hybridized carbons (Fsp3) is 0.263. The lowest BCUT2D eigenvalue weighted by molar-refractivity contribution is 0.0600. The number of hydrogen-bond donors (Lipinski definition) is 1. The summed E-state index contributed by atoms with van der Waals surface area (Å²) in [5.41, 5.74) is 1.26. The summed E-state index contributed by atoms with van der Waals surface area (Å²) in [6.45, 7) is 0.328. The van der Waals surface area contributed by atoms with Crippen molar-refractivity contribution in [3.05, 3.63) is 58.6 Å². The van der Waals surface area contributed by atoms with Gasteiger partial charge in [0.1, 0.15) is 0 Å². The van der Waals surface area contributed by atoms with Crippen LogP contribution in [0.2, 0.25) is 5.02 Å². The smallest absolute Gasteiger partial charge is 0.337 e. The summed E-state index contributed by atoms with van der Waals surface area (Å²) < 4.78 is 30.6. The summed E-state index contributed by atoms with van der Waals surface area (Å²) in [6.07, 6.45) is 1.33. The van der Waals surface area contributed by atoms with Crippen molar-refractivity contribution in [1.82, 2.24) is 0 Å². The molecule has 0 aromatic heterocycles. The zero-order valence-corrected chi connectivity index (χ0v) is 16.7. The van der Waals surface area contributed by atoms with Crippen LogP contribution in [0.4, 0.5) is 11.4 Å². The van der Waals surface area contributed by atoms with E-state index in [9.17, 15) is 18.0 Å². The third-order valence-corrected chi connectivity index (χ3v) is 6.54. The molecule has 0 atom stereocenters. The Hall–Kier alpha value is -2.58. The maximum absolute atomic E-state index is 12.6. The second-order valence-electron chi connectivity index (χ2n) is 6.29. The summed E-state index contributed by atoms with van der Waals surface area (Å²) in [5, 5.41) is 2.95. The molecule has 1 N–H and O–H groups in total. The van der Waals surface area contributed by atoms with Gasteiger partial charge in [-0.05, 0) is 49.2 Å². The lowest BCUT2D eigenvalue weighted by Gasteiger charge is -2.29. The first kappa shape index (κ1) is 20.2. The van der Waals surface area contributed by atoms with E-state index in [0.717, 1.165) is 6.42 Å². The lowest BCUT2D eigenvalue weighted by Crippen LogP contribution is -2.38. The molecule has 9 heteroatoms. The van der Waals surface area contributed by atoms with Crippen LogP contribution in [0, 0.1) is 0 Å². The molecule has 2 aromatic rings. The van der Waals surface area contributed by atoms with Gasteiger partial charge < -0.3 is 10.1 Å². The minimum Gasteiger partial charge on any atom is -0.465 e. The topological polar surface area (TPSA) is 92.8 Å². The number of rotatable bonds is 4. The number of benzene rings is 2. The van der Waals surface area contributed by atoms with Crippen LogP contribution in [0.3, 0.4) is 0 Å². The monoisotopic (exact) mass is 422 g/mol. The second kappa shape index (κ2) is 8.20. The minimum atomic E-state index is -3.45. The third-order valence-electron chi connectivity index (χ3n) is 4.37. The van der Waals surface area contributed by atoms with E-state index in [1.54, 1.807) is 18.2 Å². The van der Waals surface area contributed by atoms with Crippen molar-refractivity contribution in [1.29, 1.82) is 0 Å². The number of methoxy groups -OCH3 is 1. The number of carbonyl (C=O) groups excluding carboxylic acids is 2. The molecule has 2 aromatic carbocycles. The molecule has 148 valence electrons. The number of nitrogens with zero attached hydrogens (tertiary/aromatic N) is 1. The Morgan fingerprint density at radius 3 is 2.61 bits per heavy atom. The number of nitrogens with one attached hydrogen (secondary N) is 1. The summed E-state index contributed by atoms with van der Waals surface area (Å²) in [7, 11) is -2.18. The van der Waals surface area contributed by atoms with Crippen LogP contribution in [0.5, 0.6) is 0 Å². The highest BCUT2D eigenvalue weighted by Crippen LogP contribution is 2.32. The fourth-order valence-corrected chi connectivity index (χ4v) is 4.87. The molecular formula is C19H19ClN2O5S. The molecule has 3 rings (SSSR count). The van der Waals surface area contributed by atoms with Crippen LogP contribution in [-0.4, -0.2) is 39.7 Å². The predicted octanol–water partition coefficient (Wildman–Crippen LogP) is 3.31. The largest absolute Gasteiger partial charge is 0.465 e. The van der Waals surface area contributed by atoms with Crippen molar-refractivity contribution in [3.8, 4) is 0 Å². The Bertz CT molecular complexity index is 1020. The van der Waals surface area contributed by atoms with Crippen molar-refractivity contribution in [2.24, 2.45) is 0 Å². The van der Waals surface area contributed by atoms with E-state index in [4.69, 9.17) is 11.6 Å². The molecule has 1 heterocycles. The Morgan fingerprint density at radius 1 is 1.11 bits per heavy atom. The van der Waals surface area contributed by atoms with Gasteiger partial charge in [0.2, 0.25) is 10.0 Å². The number of carbonyl (C=O) groups is 2. The maximum Gasteiger partial charge on any atom is 0.337 e. The zero-order chi connectivity index (χ0) is 20.3. The van der Waals surface area contributed by atoms with E-state index < -0.39 is 21.9 Å². The van der Waals surface area contributed by atoms with E-state index in [-0.39, 0.29) is 22.0 Å². The highest BCUT2D eigenvalue weighted by Gasteiger charge is 2.28. The van der Waals surface area contributed by atoms with Gasteiger partial charge in [0.15, 0.2) is 0 Å². The van der Waals surface area contributed by atoms with Crippen LogP contribution in [-0.2, 0) is 14.8 Å². The minimum absolute atomic E-state index is 0.0556. The molecular weight excluding hydrogens is 404 g/mol. The van der Waals surface area contributed by atoms with E-state index in [1.165, 1.54) is 35.7 Å². The molecule has 7 nitrogen and oxygen atoms in total. The van der Waals surface area contributed by atoms with Crippen molar-refractivity contribution in [3.63, 3.8) is 0 Å². The van der Waals surface area contributed by atoms with Gasteiger partial charge in [0.25, 0.3) is 5.91 Å². The Kier molecular flexibility index (Phi) is 5.90. The highest BCUT2D eigenvalue weighted by molar-refractivity contribution is 7.92. The first-order valence-corrected chi connectivity index (χ1v) is 10.6. The molecule has 0 bridgehead atoms. The zero-order valence-electron chi connectivity index (χ0n) is 15.1. The number of anilines is 2. The van der Waals surface area contributed by atoms with Crippen LogP contribution >= 0.6 is 11.6 Å². The first-order chi connectivity index (χ1) is 13.3. The third kappa shape index (κ3) is 4.28. The van der Waals surface area contributed by atoms with E-state index in [2.05, 4.69) is 10.1 Å². The van der Waals surface area contributed by atoms with Crippen LogP contribution in [0.25, 0.3) is 0 Å². The van der Waals surface area contributed by atoms with Crippen molar-refractivity contribution < 1.29 is 22.7 Å². The number of ether oxygens (including phenoxy) is 1. The molecule has 0 saturated carbocycles. The van der Waals surface area contributed by atoms with Crippen molar-refractivity contribution in [2.75, 3.05) is 29.0 Å². The number of sulfonamides is 1. The molecule has 0 spiro atoms. The molecule has 1 aliphatic rings. The Balaban J connectivity index is 1.86. The van der Waals surface area contributed by atoms with Gasteiger partial charge in [-0.15, -0.1) is 0 Å². The molecule has 1 aliphatic heterocycles. The molecule has 0 radical (unpaired) electrons. The van der Waals surface area contributed by atoms with Gasteiger partial charge in [0.05, 0.1) is 29.1 Å². The van der Waals surface area contributed by atoms with Gasteiger partial charge in [-0.2, -0.15) is 0 Å². The SMILES string of the molecule is COC(=O)c1cccc(NC(=O)c2ccc(Cl)c(N3CCCCS3(=O)=O)c2)c1. The van der Waals surface area contributed by atoms with Gasteiger partial charge in [-0.1, -0.05) is 17.7 Å². The number of amides is 1. The standard InChI is InChI=1S/C19H19ClN2O5S/c1-27-19(24)14-5-4-6-15(11-14)21-18(23)13-7-8-16(20)17(12-13)22-9-2-3-10-28(22,25)26/h4-8,11-12H,2-3,9-10H2,1H3,(H,21,23). The van der Waals surface area contributed by atoms with Crippen LogP contribution in [0.15, 0.2) is 42.5 Å². The fourth-order valence-electron chi connectivity index (χ4n) is 2.95. The summed E-state index contributed by atoms with van der Waals surface area (Å²) >= 11 is 6.20. The molecule has 1 fully saturated rings. The highest BCUT2D eigenvalue weighted by atomic mass is 35.5. The normalized spacial score (nSPS) is 15.7. The average Bonchev–Trinajstić information content (AvgIpc) is 2.68. The lowest BCUT2D eigenvalue weighted by atomic mass is 10.1. The van der Waals surface area contributed by atoms with Crippen LogP contribution < -0.4 is 9.62 Å². The van der Waals surface area contributed by atoms with E-state index in [0.29, 0.717) is 24.2 Å². The molecule has 28 heavy (non-hydrogen) atoms. The van der Waals surface area contributed by atoms with E-state index in [1.807, 2.05) is 0 Å². The quantitative estimate of drug-likeness (QED) is 0.763. The molecule has 1 amide bonds. The molecule has 0 aliphatic carbocycles. The van der Waals surface area contributed by atoms with Gasteiger partial charge >= 0.3 is 5.97 Å². The number of esters is 1. The first-order valence-electron chi connectivity index (χ1n) is 8.61. The van der Waals surface area contributed by atoms with Gasteiger partial charge in [0, 0.05) is 17.8 Å². The molecule has 0 unspecified atom stereocenters.